The van der Waals surface area contributed by atoms with Gasteiger partial charge >= 0.3 is 0 Å². The molecule has 3 rings (SSSR count). The molecule has 0 unspecified atom stereocenters. The molecule has 0 aliphatic carbocycles. The summed E-state index contributed by atoms with van der Waals surface area (Å²) in [6, 6.07) is 13.0. The van der Waals surface area contributed by atoms with Gasteiger partial charge < -0.3 is 4.74 Å². The van der Waals surface area contributed by atoms with Crippen molar-refractivity contribution in [3.8, 4) is 5.75 Å². The van der Waals surface area contributed by atoms with E-state index in [0.29, 0.717) is 22.6 Å². The van der Waals surface area contributed by atoms with Gasteiger partial charge in [0, 0.05) is 13.1 Å². The monoisotopic (exact) mass is 375 g/mol. The van der Waals surface area contributed by atoms with Crippen LogP contribution >= 0.6 is 0 Å². The van der Waals surface area contributed by atoms with Crippen molar-refractivity contribution in [3.05, 3.63) is 59.7 Å². The van der Waals surface area contributed by atoms with E-state index in [9.17, 15) is 18.0 Å². The predicted octanol–water partition coefficient (Wildman–Crippen LogP) is 1.24. The zero-order valence-corrected chi connectivity index (χ0v) is 14.7. The molecule has 0 radical (unpaired) electrons. The quantitative estimate of drug-likeness (QED) is 0.709. The number of ether oxygens (including phenoxy) is 1. The summed E-state index contributed by atoms with van der Waals surface area (Å²) >= 11 is 0. The lowest BCUT2D eigenvalue weighted by Crippen LogP contribution is -2.33. The number of nitrogens with zero attached hydrogens (tertiary/aromatic N) is 1. The molecule has 0 saturated carbocycles. The smallest absolute Gasteiger partial charge is 0.298 e. The fourth-order valence-electron chi connectivity index (χ4n) is 2.55. The Morgan fingerprint density at radius 2 is 1.65 bits per heavy atom. The molecule has 9 heteroatoms. The number of anilines is 1. The van der Waals surface area contributed by atoms with Crippen molar-refractivity contribution >= 4 is 27.7 Å². The van der Waals surface area contributed by atoms with Crippen LogP contribution in [-0.2, 0) is 10.2 Å². The van der Waals surface area contributed by atoms with E-state index in [2.05, 4.69) is 9.44 Å². The van der Waals surface area contributed by atoms with E-state index >= 15 is 0 Å². The Kier molecular flexibility index (Phi) is 4.92. The second-order valence-corrected chi connectivity index (χ2v) is 7.11. The minimum absolute atomic E-state index is 0.0910. The van der Waals surface area contributed by atoms with Crippen molar-refractivity contribution < 1.29 is 22.7 Å². The number of benzene rings is 2. The molecule has 2 aromatic rings. The van der Waals surface area contributed by atoms with Crippen LogP contribution in [0, 0.1) is 0 Å². The highest BCUT2D eigenvalue weighted by Crippen LogP contribution is 2.22. The lowest BCUT2D eigenvalue weighted by molar-refractivity contribution is 0.0631. The number of hydrogen-bond acceptors (Lipinski definition) is 5. The number of nitrogens with one attached hydrogen (secondary N) is 2. The lowest BCUT2D eigenvalue weighted by atomic mass is 10.1. The van der Waals surface area contributed by atoms with Gasteiger partial charge in [0.2, 0.25) is 0 Å². The molecule has 2 aromatic carbocycles. The minimum atomic E-state index is -3.62. The summed E-state index contributed by atoms with van der Waals surface area (Å²) < 4.78 is 33.0. The van der Waals surface area contributed by atoms with Gasteiger partial charge in [0.1, 0.15) is 12.4 Å². The van der Waals surface area contributed by atoms with Crippen LogP contribution < -0.4 is 14.2 Å². The Bertz CT molecular complexity index is 923. The Balaban J connectivity index is 1.61. The molecule has 0 atom stereocenters. The normalized spacial score (nSPS) is 13.7. The second-order valence-electron chi connectivity index (χ2n) is 5.49. The first-order chi connectivity index (χ1) is 12.4. The molecule has 0 fully saturated rings. The van der Waals surface area contributed by atoms with Gasteiger partial charge in [0.05, 0.1) is 23.4 Å². The number of hydrogen-bond donors (Lipinski definition) is 2. The highest BCUT2D eigenvalue weighted by atomic mass is 32.2. The van der Waals surface area contributed by atoms with Crippen molar-refractivity contribution in [1.82, 2.24) is 9.62 Å². The molecular weight excluding hydrogens is 358 g/mol. The van der Waals surface area contributed by atoms with Crippen molar-refractivity contribution in [2.45, 2.75) is 0 Å². The van der Waals surface area contributed by atoms with Gasteiger partial charge in [-0.3, -0.25) is 19.2 Å². The third kappa shape index (κ3) is 3.68. The molecule has 2 amide bonds. The Morgan fingerprint density at radius 3 is 2.27 bits per heavy atom. The van der Waals surface area contributed by atoms with Crippen LogP contribution in [0.25, 0.3) is 0 Å². The maximum absolute atomic E-state index is 12.3. The summed E-state index contributed by atoms with van der Waals surface area (Å²) in [5.74, 6) is -0.271. The Labute approximate surface area is 150 Å². The molecule has 1 aliphatic rings. The van der Waals surface area contributed by atoms with Crippen LogP contribution in [0.5, 0.6) is 5.75 Å². The molecule has 1 aliphatic heterocycles. The van der Waals surface area contributed by atoms with Gasteiger partial charge in [-0.1, -0.05) is 18.2 Å². The first-order valence-corrected chi connectivity index (χ1v) is 9.29. The van der Waals surface area contributed by atoms with Crippen LogP contribution in [0.15, 0.2) is 48.5 Å². The molecule has 26 heavy (non-hydrogen) atoms. The maximum Gasteiger partial charge on any atom is 0.298 e. The molecular formula is C17H17N3O5S. The standard InChI is InChI=1S/C17H17N3O5S/c1-18-26(23,24)19-12-5-4-6-13(11-12)25-10-9-20-16(21)14-7-2-3-8-15(14)17(20)22/h2-8,11,18-19H,9-10H2,1H3. The van der Waals surface area contributed by atoms with Gasteiger partial charge in [0.15, 0.2) is 0 Å². The van der Waals surface area contributed by atoms with Crippen LogP contribution in [-0.4, -0.2) is 45.3 Å². The zero-order valence-electron chi connectivity index (χ0n) is 13.9. The third-order valence-electron chi connectivity index (χ3n) is 3.82. The average molecular weight is 375 g/mol. The lowest BCUT2D eigenvalue weighted by Gasteiger charge is -2.15. The fourth-order valence-corrected chi connectivity index (χ4v) is 3.09. The van der Waals surface area contributed by atoms with E-state index in [1.165, 1.54) is 13.1 Å². The van der Waals surface area contributed by atoms with Gasteiger partial charge in [-0.15, -0.1) is 0 Å². The number of rotatable bonds is 7. The topological polar surface area (TPSA) is 105 Å². The molecule has 8 nitrogen and oxygen atoms in total. The van der Waals surface area contributed by atoms with Crippen molar-refractivity contribution in [2.24, 2.45) is 0 Å². The number of fused-ring (bicyclic) bond motifs is 1. The molecule has 0 bridgehead atoms. The van der Waals surface area contributed by atoms with Gasteiger partial charge in [-0.2, -0.15) is 8.42 Å². The van der Waals surface area contributed by atoms with Crippen molar-refractivity contribution in [1.29, 1.82) is 0 Å². The number of carbonyl (C=O) groups is 2. The van der Waals surface area contributed by atoms with Gasteiger partial charge in [0.25, 0.3) is 22.0 Å². The van der Waals surface area contributed by atoms with Crippen LogP contribution in [0.2, 0.25) is 0 Å². The molecule has 0 saturated heterocycles. The molecule has 136 valence electrons. The highest BCUT2D eigenvalue weighted by molar-refractivity contribution is 7.90. The van der Waals surface area contributed by atoms with E-state index in [0.717, 1.165) is 4.90 Å². The summed E-state index contributed by atoms with van der Waals surface area (Å²) in [7, 11) is -2.32. The van der Waals surface area contributed by atoms with Crippen molar-refractivity contribution in [2.75, 3.05) is 24.9 Å². The number of carbonyl (C=O) groups excluding carboxylic acids is 2. The molecule has 0 spiro atoms. The summed E-state index contributed by atoms with van der Waals surface area (Å²) in [5.41, 5.74) is 1.11. The Hall–Kier alpha value is -2.91. The van der Waals surface area contributed by atoms with Crippen molar-refractivity contribution in [3.63, 3.8) is 0 Å². The predicted molar refractivity (Wildman–Crippen MR) is 95.3 cm³/mol. The summed E-state index contributed by atoms with van der Waals surface area (Å²) in [6.07, 6.45) is 0. The summed E-state index contributed by atoms with van der Waals surface area (Å²) in [4.78, 5) is 25.7. The molecule has 0 aromatic heterocycles. The number of amides is 2. The third-order valence-corrected chi connectivity index (χ3v) is 4.86. The van der Waals surface area contributed by atoms with Crippen LogP contribution in [0.1, 0.15) is 20.7 Å². The SMILES string of the molecule is CNS(=O)(=O)Nc1cccc(OCCN2C(=O)c3ccccc3C2=O)c1. The van der Waals surface area contributed by atoms with Crippen LogP contribution in [0.3, 0.4) is 0 Å². The maximum atomic E-state index is 12.3. The largest absolute Gasteiger partial charge is 0.492 e. The van der Waals surface area contributed by atoms with E-state index in [1.807, 2.05) is 0 Å². The minimum Gasteiger partial charge on any atom is -0.492 e. The molecule has 1 heterocycles. The highest BCUT2D eigenvalue weighted by Gasteiger charge is 2.34. The summed E-state index contributed by atoms with van der Waals surface area (Å²) in [5, 5.41) is 0. The summed E-state index contributed by atoms with van der Waals surface area (Å²) in [6.45, 7) is 0.187. The number of imide groups is 1. The van der Waals surface area contributed by atoms with E-state index in [-0.39, 0.29) is 25.0 Å². The zero-order chi connectivity index (χ0) is 18.7. The van der Waals surface area contributed by atoms with Gasteiger partial charge in [-0.25, -0.2) is 4.72 Å². The second kappa shape index (κ2) is 7.14. The first kappa shape index (κ1) is 17.9. The van der Waals surface area contributed by atoms with E-state index in [4.69, 9.17) is 4.74 Å². The molecule has 2 N–H and O–H groups in total. The average Bonchev–Trinajstić information content (AvgIpc) is 2.87. The Morgan fingerprint density at radius 1 is 1.00 bits per heavy atom. The van der Waals surface area contributed by atoms with Gasteiger partial charge in [-0.05, 0) is 24.3 Å². The fraction of sp³-hybridized carbons (Fsp3) is 0.176. The first-order valence-electron chi connectivity index (χ1n) is 7.80. The van der Waals surface area contributed by atoms with E-state index < -0.39 is 10.2 Å². The van der Waals surface area contributed by atoms with E-state index in [1.54, 1.807) is 42.5 Å². The van der Waals surface area contributed by atoms with Crippen LogP contribution in [0.4, 0.5) is 5.69 Å².